The fourth-order valence-corrected chi connectivity index (χ4v) is 2.34. The van der Waals surface area contributed by atoms with Gasteiger partial charge in [-0.1, -0.05) is 19.8 Å². The molecule has 0 aromatic carbocycles. The number of rotatable bonds is 7. The van der Waals surface area contributed by atoms with Crippen LogP contribution in [0.15, 0.2) is 10.5 Å². The van der Waals surface area contributed by atoms with Crippen molar-refractivity contribution in [2.75, 3.05) is 7.11 Å². The molecule has 1 aliphatic rings. The van der Waals surface area contributed by atoms with E-state index in [9.17, 15) is 4.79 Å². The molecule has 4 nitrogen and oxygen atoms in total. The van der Waals surface area contributed by atoms with E-state index in [0.29, 0.717) is 23.9 Å². The Hall–Kier alpha value is -1.29. The molecule has 2 rings (SSSR count). The molecule has 0 bridgehead atoms. The van der Waals surface area contributed by atoms with Gasteiger partial charge in [0.1, 0.15) is 17.1 Å². The Morgan fingerprint density at radius 1 is 1.58 bits per heavy atom. The summed E-state index contributed by atoms with van der Waals surface area (Å²) in [5.41, 5.74) is 0.523. The van der Waals surface area contributed by atoms with Gasteiger partial charge in [-0.2, -0.15) is 0 Å². The molecule has 1 saturated carbocycles. The second-order valence-corrected chi connectivity index (χ2v) is 5.34. The Labute approximate surface area is 114 Å². The van der Waals surface area contributed by atoms with Crippen molar-refractivity contribution in [3.8, 4) is 0 Å². The van der Waals surface area contributed by atoms with Gasteiger partial charge in [0.05, 0.1) is 13.7 Å². The van der Waals surface area contributed by atoms with E-state index < -0.39 is 0 Å². The number of hydrogen-bond acceptors (Lipinski definition) is 4. The number of furan rings is 1. The van der Waals surface area contributed by atoms with Crippen LogP contribution < -0.4 is 5.32 Å². The number of aryl methyl sites for hydroxylation is 1. The molecule has 1 aromatic rings. The average molecular weight is 265 g/mol. The highest BCUT2D eigenvalue weighted by atomic mass is 16.5. The van der Waals surface area contributed by atoms with Gasteiger partial charge in [0.25, 0.3) is 0 Å². The fraction of sp³-hybridized carbons (Fsp3) is 0.667. The van der Waals surface area contributed by atoms with Gasteiger partial charge in [-0.05, 0) is 31.7 Å². The third-order valence-corrected chi connectivity index (χ3v) is 3.75. The van der Waals surface area contributed by atoms with E-state index in [4.69, 9.17) is 9.15 Å². The monoisotopic (exact) mass is 265 g/mol. The van der Waals surface area contributed by atoms with E-state index in [2.05, 4.69) is 12.2 Å². The molecule has 1 fully saturated rings. The van der Waals surface area contributed by atoms with E-state index in [-0.39, 0.29) is 5.97 Å². The van der Waals surface area contributed by atoms with Crippen LogP contribution >= 0.6 is 0 Å². The summed E-state index contributed by atoms with van der Waals surface area (Å²) in [4.78, 5) is 11.5. The molecule has 19 heavy (non-hydrogen) atoms. The van der Waals surface area contributed by atoms with E-state index in [1.54, 1.807) is 13.0 Å². The molecule has 0 amide bonds. The first-order chi connectivity index (χ1) is 9.13. The van der Waals surface area contributed by atoms with Gasteiger partial charge < -0.3 is 14.5 Å². The molecular weight excluding hydrogens is 242 g/mol. The van der Waals surface area contributed by atoms with Gasteiger partial charge in [0, 0.05) is 6.04 Å². The summed E-state index contributed by atoms with van der Waals surface area (Å²) in [6.07, 6.45) is 5.13. The summed E-state index contributed by atoms with van der Waals surface area (Å²) in [5, 5.41) is 3.51. The van der Waals surface area contributed by atoms with Gasteiger partial charge in [-0.25, -0.2) is 4.79 Å². The Bertz CT molecular complexity index is 435. The Morgan fingerprint density at radius 3 is 2.89 bits per heavy atom. The topological polar surface area (TPSA) is 51.5 Å². The maximum absolute atomic E-state index is 11.5. The van der Waals surface area contributed by atoms with E-state index in [1.165, 1.54) is 26.4 Å². The molecule has 0 spiro atoms. The molecule has 1 aliphatic carbocycles. The molecule has 0 saturated heterocycles. The third-order valence-electron chi connectivity index (χ3n) is 3.75. The van der Waals surface area contributed by atoms with Crippen LogP contribution in [0.5, 0.6) is 0 Å². The molecule has 4 heteroatoms. The zero-order valence-corrected chi connectivity index (χ0v) is 12.0. The van der Waals surface area contributed by atoms with Gasteiger partial charge >= 0.3 is 5.97 Å². The lowest BCUT2D eigenvalue weighted by molar-refractivity contribution is 0.0599. The number of nitrogens with one attached hydrogen (secondary N) is 1. The number of hydrogen-bond donors (Lipinski definition) is 1. The van der Waals surface area contributed by atoms with Crippen LogP contribution in [-0.4, -0.2) is 19.1 Å². The fourth-order valence-electron chi connectivity index (χ4n) is 2.34. The standard InChI is InChI=1S/C15H23NO3/c1-4-12(7-11-5-6-11)16-9-13-8-14(10(2)19-13)15(17)18-3/h8,11-12,16H,4-7,9H2,1-3H3. The van der Waals surface area contributed by atoms with Crippen molar-refractivity contribution in [1.82, 2.24) is 5.32 Å². The van der Waals surface area contributed by atoms with Crippen molar-refractivity contribution in [2.24, 2.45) is 5.92 Å². The second kappa shape index (κ2) is 6.24. The van der Waals surface area contributed by atoms with Crippen molar-refractivity contribution in [3.05, 3.63) is 23.2 Å². The van der Waals surface area contributed by atoms with Crippen molar-refractivity contribution >= 4 is 5.97 Å². The quantitative estimate of drug-likeness (QED) is 0.770. The zero-order valence-electron chi connectivity index (χ0n) is 12.0. The summed E-state index contributed by atoms with van der Waals surface area (Å²) >= 11 is 0. The van der Waals surface area contributed by atoms with Crippen LogP contribution in [0.1, 0.15) is 54.5 Å². The van der Waals surface area contributed by atoms with E-state index in [1.807, 2.05) is 0 Å². The summed E-state index contributed by atoms with van der Waals surface area (Å²) in [7, 11) is 1.38. The van der Waals surface area contributed by atoms with E-state index >= 15 is 0 Å². The Balaban J connectivity index is 1.89. The normalized spacial score (nSPS) is 16.4. The van der Waals surface area contributed by atoms with E-state index in [0.717, 1.165) is 18.1 Å². The van der Waals surface area contributed by atoms with Crippen molar-refractivity contribution < 1.29 is 13.9 Å². The predicted molar refractivity (Wildman–Crippen MR) is 73.0 cm³/mol. The number of methoxy groups -OCH3 is 1. The lowest BCUT2D eigenvalue weighted by atomic mass is 10.1. The molecule has 1 unspecified atom stereocenters. The molecule has 106 valence electrons. The van der Waals surface area contributed by atoms with Crippen LogP contribution in [0.3, 0.4) is 0 Å². The maximum Gasteiger partial charge on any atom is 0.341 e. The average Bonchev–Trinajstić information content (AvgIpc) is 3.15. The number of esters is 1. The number of carbonyl (C=O) groups excluding carboxylic acids is 1. The summed E-state index contributed by atoms with van der Waals surface area (Å²) in [5.74, 6) is 2.00. The minimum absolute atomic E-state index is 0.336. The minimum atomic E-state index is -0.336. The molecule has 1 aromatic heterocycles. The van der Waals surface area contributed by atoms with Crippen molar-refractivity contribution in [1.29, 1.82) is 0 Å². The van der Waals surface area contributed by atoms with Gasteiger partial charge in [0.2, 0.25) is 0 Å². The zero-order chi connectivity index (χ0) is 13.8. The SMILES string of the molecule is CCC(CC1CC1)NCc1cc(C(=O)OC)c(C)o1. The highest BCUT2D eigenvalue weighted by Crippen LogP contribution is 2.34. The highest BCUT2D eigenvalue weighted by Gasteiger charge is 2.24. The minimum Gasteiger partial charge on any atom is -0.465 e. The molecule has 1 atom stereocenters. The third kappa shape index (κ3) is 3.83. The Morgan fingerprint density at radius 2 is 2.32 bits per heavy atom. The first-order valence-corrected chi connectivity index (χ1v) is 7.05. The van der Waals surface area contributed by atoms with Gasteiger partial charge in [-0.3, -0.25) is 0 Å². The number of ether oxygens (including phenoxy) is 1. The Kier molecular flexibility index (Phi) is 4.64. The first-order valence-electron chi connectivity index (χ1n) is 7.05. The summed E-state index contributed by atoms with van der Waals surface area (Å²) < 4.78 is 10.3. The van der Waals surface area contributed by atoms with Gasteiger partial charge in [0.15, 0.2) is 0 Å². The van der Waals surface area contributed by atoms with Crippen molar-refractivity contribution in [3.63, 3.8) is 0 Å². The first kappa shape index (κ1) is 14.1. The maximum atomic E-state index is 11.5. The lowest BCUT2D eigenvalue weighted by Crippen LogP contribution is -2.28. The molecule has 0 radical (unpaired) electrons. The van der Waals surface area contributed by atoms with Crippen LogP contribution in [-0.2, 0) is 11.3 Å². The molecule has 1 heterocycles. The lowest BCUT2D eigenvalue weighted by Gasteiger charge is -2.15. The highest BCUT2D eigenvalue weighted by molar-refractivity contribution is 5.90. The van der Waals surface area contributed by atoms with Crippen LogP contribution in [0.25, 0.3) is 0 Å². The molecule has 1 N–H and O–H groups in total. The predicted octanol–water partition coefficient (Wildman–Crippen LogP) is 3.04. The summed E-state index contributed by atoms with van der Waals surface area (Å²) in [6, 6.07) is 2.32. The van der Waals surface area contributed by atoms with Crippen molar-refractivity contribution in [2.45, 2.75) is 52.1 Å². The van der Waals surface area contributed by atoms with Crippen LogP contribution in [0.2, 0.25) is 0 Å². The van der Waals surface area contributed by atoms with Gasteiger partial charge in [-0.15, -0.1) is 0 Å². The smallest absolute Gasteiger partial charge is 0.341 e. The summed E-state index contributed by atoms with van der Waals surface area (Å²) in [6.45, 7) is 4.66. The molecule has 0 aliphatic heterocycles. The second-order valence-electron chi connectivity index (χ2n) is 5.34. The van der Waals surface area contributed by atoms with Crippen LogP contribution in [0.4, 0.5) is 0 Å². The van der Waals surface area contributed by atoms with Crippen LogP contribution in [0, 0.1) is 12.8 Å². The largest absolute Gasteiger partial charge is 0.465 e. The number of carbonyl (C=O) groups is 1. The molecular formula is C15H23NO3.